The SMILES string of the molecule is CCNC(C1=CCCCC1)c1ccnn1C. The van der Waals surface area contributed by atoms with Gasteiger partial charge in [0.25, 0.3) is 0 Å². The molecule has 1 aromatic heterocycles. The van der Waals surface area contributed by atoms with Crippen LogP contribution < -0.4 is 5.32 Å². The number of rotatable bonds is 4. The van der Waals surface area contributed by atoms with E-state index in [1.165, 1.54) is 37.0 Å². The van der Waals surface area contributed by atoms with E-state index in [-0.39, 0.29) is 0 Å². The minimum absolute atomic E-state index is 0.359. The number of aromatic nitrogens is 2. The van der Waals surface area contributed by atoms with Crippen LogP contribution in [0, 0.1) is 0 Å². The Morgan fingerprint density at radius 2 is 2.38 bits per heavy atom. The van der Waals surface area contributed by atoms with Gasteiger partial charge < -0.3 is 5.32 Å². The van der Waals surface area contributed by atoms with Crippen LogP contribution >= 0.6 is 0 Å². The predicted octanol–water partition coefficient (Wildman–Crippen LogP) is 2.57. The van der Waals surface area contributed by atoms with Crippen LogP contribution in [-0.4, -0.2) is 16.3 Å². The standard InChI is InChI=1S/C13H21N3/c1-3-14-13(11-7-5-4-6-8-11)12-9-10-15-16(12)2/h7,9-10,13-14H,3-6,8H2,1-2H3. The maximum absolute atomic E-state index is 4.26. The fraction of sp³-hybridized carbons (Fsp3) is 0.615. The number of aryl methyl sites for hydroxylation is 1. The quantitative estimate of drug-likeness (QED) is 0.789. The number of nitrogens with zero attached hydrogens (tertiary/aromatic N) is 2. The Labute approximate surface area is 97.5 Å². The Balaban J connectivity index is 2.23. The van der Waals surface area contributed by atoms with Gasteiger partial charge in [0.1, 0.15) is 0 Å². The maximum atomic E-state index is 4.26. The summed E-state index contributed by atoms with van der Waals surface area (Å²) < 4.78 is 1.97. The number of hydrogen-bond acceptors (Lipinski definition) is 2. The molecule has 0 aromatic carbocycles. The fourth-order valence-electron chi connectivity index (χ4n) is 2.42. The lowest BCUT2D eigenvalue weighted by Gasteiger charge is -2.24. The second-order valence-corrected chi connectivity index (χ2v) is 4.40. The van der Waals surface area contributed by atoms with Crippen molar-refractivity contribution in [2.45, 2.75) is 38.6 Å². The average Bonchev–Trinajstić information content (AvgIpc) is 2.73. The van der Waals surface area contributed by atoms with Gasteiger partial charge in [-0.3, -0.25) is 4.68 Å². The number of likely N-dealkylation sites (N-methyl/N-ethyl adjacent to an activating group) is 1. The fourth-order valence-corrected chi connectivity index (χ4v) is 2.42. The molecule has 1 aliphatic carbocycles. The second-order valence-electron chi connectivity index (χ2n) is 4.40. The monoisotopic (exact) mass is 219 g/mol. The van der Waals surface area contributed by atoms with Crippen LogP contribution in [-0.2, 0) is 7.05 Å². The van der Waals surface area contributed by atoms with Gasteiger partial charge in [0.05, 0.1) is 11.7 Å². The first-order chi connectivity index (χ1) is 7.83. The molecule has 0 spiro atoms. The molecule has 0 amide bonds. The first kappa shape index (κ1) is 11.4. The molecule has 2 rings (SSSR count). The van der Waals surface area contributed by atoms with Crippen LogP contribution in [0.1, 0.15) is 44.3 Å². The molecule has 1 unspecified atom stereocenters. The highest BCUT2D eigenvalue weighted by molar-refractivity contribution is 5.23. The Hall–Kier alpha value is -1.09. The van der Waals surface area contributed by atoms with Crippen molar-refractivity contribution in [3.8, 4) is 0 Å². The van der Waals surface area contributed by atoms with Crippen molar-refractivity contribution < 1.29 is 0 Å². The van der Waals surface area contributed by atoms with E-state index in [9.17, 15) is 0 Å². The predicted molar refractivity (Wildman–Crippen MR) is 66.2 cm³/mol. The smallest absolute Gasteiger partial charge is 0.0707 e. The Morgan fingerprint density at radius 1 is 1.50 bits per heavy atom. The Morgan fingerprint density at radius 3 is 2.94 bits per heavy atom. The van der Waals surface area contributed by atoms with E-state index in [2.05, 4.69) is 29.5 Å². The van der Waals surface area contributed by atoms with Gasteiger partial charge >= 0.3 is 0 Å². The van der Waals surface area contributed by atoms with Crippen molar-refractivity contribution in [3.05, 3.63) is 29.6 Å². The molecule has 1 aliphatic rings. The first-order valence-corrected chi connectivity index (χ1v) is 6.23. The van der Waals surface area contributed by atoms with Gasteiger partial charge in [-0.15, -0.1) is 0 Å². The van der Waals surface area contributed by atoms with Crippen LogP contribution in [0.5, 0.6) is 0 Å². The lowest BCUT2D eigenvalue weighted by molar-refractivity contribution is 0.528. The van der Waals surface area contributed by atoms with Crippen molar-refractivity contribution in [2.75, 3.05) is 6.54 Å². The minimum atomic E-state index is 0.359. The highest BCUT2D eigenvalue weighted by Crippen LogP contribution is 2.29. The van der Waals surface area contributed by atoms with Gasteiger partial charge in [0, 0.05) is 13.2 Å². The zero-order valence-electron chi connectivity index (χ0n) is 10.2. The summed E-state index contributed by atoms with van der Waals surface area (Å²) in [6, 6.07) is 2.47. The van der Waals surface area contributed by atoms with E-state index in [1.54, 1.807) is 0 Å². The van der Waals surface area contributed by atoms with Crippen LogP contribution in [0.4, 0.5) is 0 Å². The van der Waals surface area contributed by atoms with E-state index in [4.69, 9.17) is 0 Å². The molecule has 1 heterocycles. The molecule has 1 atom stereocenters. The van der Waals surface area contributed by atoms with Gasteiger partial charge in [0.2, 0.25) is 0 Å². The van der Waals surface area contributed by atoms with Gasteiger partial charge in [-0.2, -0.15) is 5.10 Å². The first-order valence-electron chi connectivity index (χ1n) is 6.23. The third-order valence-corrected chi connectivity index (χ3v) is 3.26. The Bertz CT molecular complexity index is 365. The summed E-state index contributed by atoms with van der Waals surface area (Å²) >= 11 is 0. The van der Waals surface area contributed by atoms with E-state index < -0.39 is 0 Å². The third kappa shape index (κ3) is 2.35. The molecule has 0 saturated heterocycles. The molecule has 1 N–H and O–H groups in total. The minimum Gasteiger partial charge on any atom is -0.306 e. The van der Waals surface area contributed by atoms with E-state index in [0.29, 0.717) is 6.04 Å². The molecule has 0 saturated carbocycles. The molecule has 1 aromatic rings. The van der Waals surface area contributed by atoms with E-state index in [1.807, 2.05) is 17.9 Å². The normalized spacial score (nSPS) is 18.2. The summed E-state index contributed by atoms with van der Waals surface area (Å²) in [5.41, 5.74) is 2.81. The molecule has 0 aliphatic heterocycles. The van der Waals surface area contributed by atoms with Crippen LogP contribution in [0.25, 0.3) is 0 Å². The van der Waals surface area contributed by atoms with Gasteiger partial charge in [-0.05, 0) is 38.3 Å². The highest BCUT2D eigenvalue weighted by atomic mass is 15.3. The van der Waals surface area contributed by atoms with Crippen LogP contribution in [0.3, 0.4) is 0 Å². The summed E-state index contributed by atoms with van der Waals surface area (Å²) in [5.74, 6) is 0. The molecule has 0 fully saturated rings. The highest BCUT2D eigenvalue weighted by Gasteiger charge is 2.19. The van der Waals surface area contributed by atoms with Crippen molar-refractivity contribution in [1.29, 1.82) is 0 Å². The van der Waals surface area contributed by atoms with E-state index >= 15 is 0 Å². The summed E-state index contributed by atoms with van der Waals surface area (Å²) in [7, 11) is 2.02. The summed E-state index contributed by atoms with van der Waals surface area (Å²) in [5, 5.41) is 7.83. The molecule has 88 valence electrons. The zero-order valence-corrected chi connectivity index (χ0v) is 10.2. The van der Waals surface area contributed by atoms with Crippen LogP contribution in [0.2, 0.25) is 0 Å². The lowest BCUT2D eigenvalue weighted by Crippen LogP contribution is -2.25. The summed E-state index contributed by atoms with van der Waals surface area (Å²) in [6.07, 6.45) is 9.41. The molecule has 3 nitrogen and oxygen atoms in total. The lowest BCUT2D eigenvalue weighted by atomic mass is 9.92. The largest absolute Gasteiger partial charge is 0.306 e. The van der Waals surface area contributed by atoms with Crippen molar-refractivity contribution in [3.63, 3.8) is 0 Å². The topological polar surface area (TPSA) is 29.9 Å². The number of nitrogens with one attached hydrogen (secondary N) is 1. The maximum Gasteiger partial charge on any atom is 0.0707 e. The second kappa shape index (κ2) is 5.30. The summed E-state index contributed by atoms with van der Waals surface area (Å²) in [6.45, 7) is 3.15. The molecule has 3 heteroatoms. The molecule has 0 bridgehead atoms. The zero-order chi connectivity index (χ0) is 11.4. The van der Waals surface area contributed by atoms with Crippen molar-refractivity contribution in [1.82, 2.24) is 15.1 Å². The van der Waals surface area contributed by atoms with Crippen molar-refractivity contribution in [2.24, 2.45) is 7.05 Å². The van der Waals surface area contributed by atoms with Gasteiger partial charge in [-0.25, -0.2) is 0 Å². The third-order valence-electron chi connectivity index (χ3n) is 3.26. The number of allylic oxidation sites excluding steroid dienone is 1. The van der Waals surface area contributed by atoms with Crippen molar-refractivity contribution >= 4 is 0 Å². The molecular weight excluding hydrogens is 198 g/mol. The molecular formula is C13H21N3. The van der Waals surface area contributed by atoms with Gasteiger partial charge in [-0.1, -0.05) is 18.6 Å². The van der Waals surface area contributed by atoms with Crippen LogP contribution in [0.15, 0.2) is 23.9 Å². The van der Waals surface area contributed by atoms with Gasteiger partial charge in [0.15, 0.2) is 0 Å². The van der Waals surface area contributed by atoms with E-state index in [0.717, 1.165) is 6.54 Å². The molecule has 16 heavy (non-hydrogen) atoms. The number of hydrogen-bond donors (Lipinski definition) is 1. The summed E-state index contributed by atoms with van der Waals surface area (Å²) in [4.78, 5) is 0. The Kier molecular flexibility index (Phi) is 3.78. The molecule has 0 radical (unpaired) electrons. The average molecular weight is 219 g/mol.